The first-order valence-corrected chi connectivity index (χ1v) is 5.63. The molecule has 0 spiro atoms. The Balaban J connectivity index is 2.59. The highest BCUT2D eigenvalue weighted by Gasteiger charge is 2.04. The summed E-state index contributed by atoms with van der Waals surface area (Å²) in [6.07, 6.45) is 2.88. The number of aryl methyl sites for hydroxylation is 1. The van der Waals surface area contributed by atoms with Crippen molar-refractivity contribution in [3.8, 4) is 0 Å². The van der Waals surface area contributed by atoms with Crippen molar-refractivity contribution < 1.29 is 0 Å². The molecule has 0 aliphatic rings. The van der Waals surface area contributed by atoms with Gasteiger partial charge >= 0.3 is 0 Å². The highest BCUT2D eigenvalue weighted by Crippen LogP contribution is 2.27. The van der Waals surface area contributed by atoms with Crippen LogP contribution in [0.25, 0.3) is 10.9 Å². The standard InChI is InChI=1S/C10H9BrClN/c11-5-3-7-1-2-9-8(10(7)12)4-6-13-9/h1-2,4,6,13H,3,5H2. The number of halogens is 2. The summed E-state index contributed by atoms with van der Waals surface area (Å²) in [5, 5.41) is 2.93. The zero-order valence-electron chi connectivity index (χ0n) is 6.98. The van der Waals surface area contributed by atoms with Gasteiger partial charge in [-0.2, -0.15) is 0 Å². The second-order valence-corrected chi connectivity index (χ2v) is 4.09. The van der Waals surface area contributed by atoms with Gasteiger partial charge in [-0.1, -0.05) is 33.6 Å². The largest absolute Gasteiger partial charge is 0.361 e. The molecule has 3 heteroatoms. The maximum absolute atomic E-state index is 6.22. The van der Waals surface area contributed by atoms with E-state index in [-0.39, 0.29) is 0 Å². The van der Waals surface area contributed by atoms with Gasteiger partial charge in [0.2, 0.25) is 0 Å². The van der Waals surface area contributed by atoms with Gasteiger partial charge in [0.1, 0.15) is 0 Å². The molecule has 1 N–H and O–H groups in total. The molecular formula is C10H9BrClN. The number of hydrogen-bond donors (Lipinski definition) is 1. The minimum atomic E-state index is 0.873. The summed E-state index contributed by atoms with van der Waals surface area (Å²) in [5.41, 5.74) is 2.30. The summed E-state index contributed by atoms with van der Waals surface area (Å²) >= 11 is 9.63. The highest BCUT2D eigenvalue weighted by atomic mass is 79.9. The number of rotatable bonds is 2. The van der Waals surface area contributed by atoms with E-state index in [1.165, 1.54) is 5.56 Å². The van der Waals surface area contributed by atoms with Crippen LogP contribution in [0.3, 0.4) is 0 Å². The van der Waals surface area contributed by atoms with Crippen LogP contribution in [0.2, 0.25) is 5.02 Å². The molecule has 1 nitrogen and oxygen atoms in total. The highest BCUT2D eigenvalue weighted by molar-refractivity contribution is 9.09. The molecule has 0 unspecified atom stereocenters. The van der Waals surface area contributed by atoms with Crippen LogP contribution in [0.15, 0.2) is 24.4 Å². The third-order valence-corrected chi connectivity index (χ3v) is 2.96. The molecule has 1 aromatic heterocycles. The number of alkyl halides is 1. The van der Waals surface area contributed by atoms with E-state index in [2.05, 4.69) is 33.0 Å². The molecule has 0 fully saturated rings. The molecular weight excluding hydrogens is 249 g/mol. The molecule has 68 valence electrons. The fourth-order valence-electron chi connectivity index (χ4n) is 1.44. The topological polar surface area (TPSA) is 15.8 Å². The molecule has 1 heterocycles. The average Bonchev–Trinajstić information content (AvgIpc) is 2.58. The molecule has 0 atom stereocenters. The van der Waals surface area contributed by atoms with Crippen molar-refractivity contribution in [3.05, 3.63) is 35.0 Å². The van der Waals surface area contributed by atoms with Crippen LogP contribution < -0.4 is 0 Å². The Bertz CT molecular complexity index is 422. The lowest BCUT2D eigenvalue weighted by Crippen LogP contribution is -1.87. The van der Waals surface area contributed by atoms with E-state index >= 15 is 0 Å². The SMILES string of the molecule is Clc1c(CCBr)ccc2[nH]ccc12. The van der Waals surface area contributed by atoms with Crippen molar-refractivity contribution in [2.75, 3.05) is 5.33 Å². The lowest BCUT2D eigenvalue weighted by molar-refractivity contribution is 1.18. The van der Waals surface area contributed by atoms with Crippen molar-refractivity contribution >= 4 is 38.4 Å². The minimum absolute atomic E-state index is 0.873. The van der Waals surface area contributed by atoms with E-state index in [4.69, 9.17) is 11.6 Å². The number of nitrogens with one attached hydrogen (secondary N) is 1. The van der Waals surface area contributed by atoms with E-state index in [1.54, 1.807) is 0 Å². The molecule has 0 bridgehead atoms. The Morgan fingerprint density at radius 3 is 2.92 bits per heavy atom. The Labute approximate surface area is 90.2 Å². The monoisotopic (exact) mass is 257 g/mol. The molecule has 0 aliphatic carbocycles. The number of fused-ring (bicyclic) bond motifs is 1. The summed E-state index contributed by atoms with van der Waals surface area (Å²) < 4.78 is 0. The maximum Gasteiger partial charge on any atom is 0.0532 e. The number of hydrogen-bond acceptors (Lipinski definition) is 0. The summed E-state index contributed by atoms with van der Waals surface area (Å²) in [4.78, 5) is 3.13. The van der Waals surface area contributed by atoms with E-state index < -0.39 is 0 Å². The molecule has 0 saturated carbocycles. The van der Waals surface area contributed by atoms with Crippen LogP contribution in [0, 0.1) is 0 Å². The summed E-state index contributed by atoms with van der Waals surface area (Å²) in [7, 11) is 0. The lowest BCUT2D eigenvalue weighted by Gasteiger charge is -2.02. The summed E-state index contributed by atoms with van der Waals surface area (Å²) in [5.74, 6) is 0. The third-order valence-electron chi connectivity index (χ3n) is 2.11. The van der Waals surface area contributed by atoms with Gasteiger partial charge in [0.25, 0.3) is 0 Å². The average molecular weight is 259 g/mol. The van der Waals surface area contributed by atoms with Crippen LogP contribution in [0.1, 0.15) is 5.56 Å². The van der Waals surface area contributed by atoms with E-state index in [9.17, 15) is 0 Å². The molecule has 0 saturated heterocycles. The van der Waals surface area contributed by atoms with Gasteiger partial charge in [-0.05, 0) is 24.1 Å². The number of H-pyrrole nitrogens is 1. The normalized spacial score (nSPS) is 10.9. The minimum Gasteiger partial charge on any atom is -0.361 e. The van der Waals surface area contributed by atoms with Crippen molar-refractivity contribution in [2.24, 2.45) is 0 Å². The van der Waals surface area contributed by atoms with Crippen molar-refractivity contribution in [1.82, 2.24) is 4.98 Å². The second kappa shape index (κ2) is 3.72. The molecule has 2 aromatic rings. The zero-order valence-corrected chi connectivity index (χ0v) is 9.32. The van der Waals surface area contributed by atoms with Crippen molar-refractivity contribution in [2.45, 2.75) is 6.42 Å². The van der Waals surface area contributed by atoms with Crippen LogP contribution in [-0.4, -0.2) is 10.3 Å². The smallest absolute Gasteiger partial charge is 0.0532 e. The summed E-state index contributed by atoms with van der Waals surface area (Å²) in [6, 6.07) is 6.15. The molecule has 0 radical (unpaired) electrons. The van der Waals surface area contributed by atoms with Gasteiger partial charge in [-0.25, -0.2) is 0 Å². The Kier molecular flexibility index (Phi) is 2.61. The fourth-order valence-corrected chi connectivity index (χ4v) is 2.19. The Morgan fingerprint density at radius 1 is 1.31 bits per heavy atom. The first kappa shape index (κ1) is 9.10. The van der Waals surface area contributed by atoms with Crippen LogP contribution >= 0.6 is 27.5 Å². The zero-order chi connectivity index (χ0) is 9.26. The number of benzene rings is 1. The molecule has 0 amide bonds. The fraction of sp³-hybridized carbons (Fsp3) is 0.200. The van der Waals surface area contributed by atoms with Gasteiger partial charge < -0.3 is 4.98 Å². The van der Waals surface area contributed by atoms with Gasteiger partial charge in [0.05, 0.1) is 5.02 Å². The van der Waals surface area contributed by atoms with Crippen molar-refractivity contribution in [3.63, 3.8) is 0 Å². The lowest BCUT2D eigenvalue weighted by atomic mass is 10.1. The van der Waals surface area contributed by atoms with E-state index in [1.807, 2.05) is 12.3 Å². The van der Waals surface area contributed by atoms with Gasteiger partial charge in [-0.15, -0.1) is 0 Å². The van der Waals surface area contributed by atoms with Gasteiger partial charge in [0, 0.05) is 22.4 Å². The predicted octanol–water partition coefficient (Wildman–Crippen LogP) is 3.76. The Morgan fingerprint density at radius 2 is 2.15 bits per heavy atom. The first-order chi connectivity index (χ1) is 6.33. The molecule has 0 aliphatic heterocycles. The predicted molar refractivity (Wildman–Crippen MR) is 60.8 cm³/mol. The van der Waals surface area contributed by atoms with Crippen LogP contribution in [0.4, 0.5) is 0 Å². The number of aromatic nitrogens is 1. The second-order valence-electron chi connectivity index (χ2n) is 2.92. The molecule has 13 heavy (non-hydrogen) atoms. The quantitative estimate of drug-likeness (QED) is 0.790. The van der Waals surface area contributed by atoms with E-state index in [0.717, 1.165) is 27.7 Å². The third kappa shape index (κ3) is 1.61. The number of aromatic amines is 1. The summed E-state index contributed by atoms with van der Waals surface area (Å²) in [6.45, 7) is 0. The Hall–Kier alpha value is -0.470. The maximum atomic E-state index is 6.22. The van der Waals surface area contributed by atoms with Crippen molar-refractivity contribution in [1.29, 1.82) is 0 Å². The van der Waals surface area contributed by atoms with Crippen LogP contribution in [0.5, 0.6) is 0 Å². The van der Waals surface area contributed by atoms with Crippen LogP contribution in [-0.2, 0) is 6.42 Å². The first-order valence-electron chi connectivity index (χ1n) is 4.13. The van der Waals surface area contributed by atoms with Gasteiger partial charge in [0.15, 0.2) is 0 Å². The molecule has 2 rings (SSSR count). The van der Waals surface area contributed by atoms with Gasteiger partial charge in [-0.3, -0.25) is 0 Å². The van der Waals surface area contributed by atoms with E-state index in [0.29, 0.717) is 0 Å². The molecule has 1 aromatic carbocycles.